The standard InChI is InChI=1S/C12H12N4O2S/c1-7-12(17)14-10-4-8(2-3-11(10)18-7)13-5-9-6-19-16-15-9/h2-4,6-7,13H,5H2,1H3,(H,14,17). The van der Waals surface area contributed by atoms with Gasteiger partial charge in [0.1, 0.15) is 5.75 Å². The van der Waals surface area contributed by atoms with Crippen molar-refractivity contribution in [3.05, 3.63) is 29.3 Å². The van der Waals surface area contributed by atoms with Crippen LogP contribution in [0.25, 0.3) is 0 Å². The van der Waals surface area contributed by atoms with Gasteiger partial charge >= 0.3 is 0 Å². The lowest BCUT2D eigenvalue weighted by atomic mass is 10.2. The van der Waals surface area contributed by atoms with Crippen molar-refractivity contribution in [1.82, 2.24) is 9.59 Å². The van der Waals surface area contributed by atoms with Gasteiger partial charge in [0.25, 0.3) is 5.91 Å². The Labute approximate surface area is 114 Å². The molecule has 0 aliphatic carbocycles. The zero-order valence-electron chi connectivity index (χ0n) is 10.2. The second-order valence-corrected chi connectivity index (χ2v) is 4.82. The lowest BCUT2D eigenvalue weighted by molar-refractivity contribution is -0.122. The van der Waals surface area contributed by atoms with E-state index < -0.39 is 6.10 Å². The van der Waals surface area contributed by atoms with Crippen molar-refractivity contribution in [2.24, 2.45) is 0 Å². The van der Waals surface area contributed by atoms with Crippen molar-refractivity contribution in [3.8, 4) is 5.75 Å². The summed E-state index contributed by atoms with van der Waals surface area (Å²) in [4.78, 5) is 11.5. The summed E-state index contributed by atoms with van der Waals surface area (Å²) in [6.45, 7) is 2.32. The number of nitrogens with zero attached hydrogens (tertiary/aromatic N) is 2. The highest BCUT2D eigenvalue weighted by Crippen LogP contribution is 2.32. The predicted octanol–water partition coefficient (Wildman–Crippen LogP) is 1.87. The van der Waals surface area contributed by atoms with Crippen LogP contribution in [0.3, 0.4) is 0 Å². The molecule has 0 spiro atoms. The third-order valence-electron chi connectivity index (χ3n) is 2.79. The number of hydrogen-bond donors (Lipinski definition) is 2. The van der Waals surface area contributed by atoms with Crippen LogP contribution in [0.2, 0.25) is 0 Å². The van der Waals surface area contributed by atoms with E-state index in [0.717, 1.165) is 11.4 Å². The molecule has 1 unspecified atom stereocenters. The van der Waals surface area contributed by atoms with Crippen molar-refractivity contribution in [1.29, 1.82) is 0 Å². The number of rotatable bonds is 3. The molecule has 7 heteroatoms. The van der Waals surface area contributed by atoms with Crippen molar-refractivity contribution in [2.45, 2.75) is 19.6 Å². The molecule has 1 aromatic carbocycles. The van der Waals surface area contributed by atoms with Crippen molar-refractivity contribution < 1.29 is 9.53 Å². The van der Waals surface area contributed by atoms with Crippen LogP contribution in [0.15, 0.2) is 23.6 Å². The first-order valence-corrected chi connectivity index (χ1v) is 6.67. The van der Waals surface area contributed by atoms with Crippen LogP contribution < -0.4 is 15.4 Å². The number of amides is 1. The van der Waals surface area contributed by atoms with Crippen LogP contribution in [0, 0.1) is 0 Å². The summed E-state index contributed by atoms with van der Waals surface area (Å²) >= 11 is 1.32. The summed E-state index contributed by atoms with van der Waals surface area (Å²) in [5.74, 6) is 0.557. The quantitative estimate of drug-likeness (QED) is 0.895. The van der Waals surface area contributed by atoms with Crippen molar-refractivity contribution >= 4 is 28.8 Å². The predicted molar refractivity (Wildman–Crippen MR) is 72.4 cm³/mol. The zero-order valence-corrected chi connectivity index (χ0v) is 11.0. The topological polar surface area (TPSA) is 76.1 Å². The molecular weight excluding hydrogens is 264 g/mol. The summed E-state index contributed by atoms with van der Waals surface area (Å²) < 4.78 is 9.29. The monoisotopic (exact) mass is 276 g/mol. The molecule has 0 bridgehead atoms. The highest BCUT2D eigenvalue weighted by atomic mass is 32.1. The highest BCUT2D eigenvalue weighted by molar-refractivity contribution is 7.03. The number of hydrogen-bond acceptors (Lipinski definition) is 6. The van der Waals surface area contributed by atoms with E-state index in [1.165, 1.54) is 11.5 Å². The minimum absolute atomic E-state index is 0.131. The van der Waals surface area contributed by atoms with E-state index >= 15 is 0 Å². The maximum absolute atomic E-state index is 11.5. The Morgan fingerprint density at radius 3 is 3.21 bits per heavy atom. The molecule has 0 saturated heterocycles. The molecule has 1 aromatic heterocycles. The number of ether oxygens (including phenoxy) is 1. The Morgan fingerprint density at radius 1 is 1.53 bits per heavy atom. The molecule has 2 N–H and O–H groups in total. The smallest absolute Gasteiger partial charge is 0.265 e. The van der Waals surface area contributed by atoms with Crippen LogP contribution >= 0.6 is 11.5 Å². The molecule has 0 fully saturated rings. The van der Waals surface area contributed by atoms with Crippen molar-refractivity contribution in [3.63, 3.8) is 0 Å². The van der Waals surface area contributed by atoms with Gasteiger partial charge in [-0.3, -0.25) is 4.79 Å². The fourth-order valence-corrected chi connectivity index (χ4v) is 2.22. The summed E-state index contributed by atoms with van der Waals surface area (Å²) in [5.41, 5.74) is 2.46. The van der Waals surface area contributed by atoms with Gasteiger partial charge in [-0.2, -0.15) is 0 Å². The van der Waals surface area contributed by atoms with Gasteiger partial charge in [0, 0.05) is 11.1 Å². The molecule has 1 aliphatic rings. The van der Waals surface area contributed by atoms with E-state index in [2.05, 4.69) is 20.2 Å². The number of aromatic nitrogens is 2. The molecule has 0 saturated carbocycles. The number of fused-ring (bicyclic) bond motifs is 1. The van der Waals surface area contributed by atoms with E-state index in [1.807, 2.05) is 23.6 Å². The fraction of sp³-hybridized carbons (Fsp3) is 0.250. The first-order valence-electron chi connectivity index (χ1n) is 5.84. The van der Waals surface area contributed by atoms with Gasteiger partial charge in [0.2, 0.25) is 0 Å². The number of carbonyl (C=O) groups excluding carboxylic acids is 1. The van der Waals surface area contributed by atoms with Gasteiger partial charge in [-0.05, 0) is 36.7 Å². The summed E-state index contributed by atoms with van der Waals surface area (Å²) in [6.07, 6.45) is -0.451. The third-order valence-corrected chi connectivity index (χ3v) is 3.34. The molecule has 6 nitrogen and oxygen atoms in total. The van der Waals surface area contributed by atoms with Gasteiger partial charge in [0.15, 0.2) is 6.10 Å². The minimum atomic E-state index is -0.451. The normalized spacial score (nSPS) is 17.3. The fourth-order valence-electron chi connectivity index (χ4n) is 1.77. The molecule has 1 atom stereocenters. The van der Waals surface area contributed by atoms with E-state index in [1.54, 1.807) is 6.92 Å². The van der Waals surface area contributed by atoms with Crippen LogP contribution in [0.4, 0.5) is 11.4 Å². The van der Waals surface area contributed by atoms with Crippen LogP contribution in [0.1, 0.15) is 12.6 Å². The van der Waals surface area contributed by atoms with Crippen molar-refractivity contribution in [2.75, 3.05) is 10.6 Å². The largest absolute Gasteiger partial charge is 0.479 e. The Bertz CT molecular complexity index is 600. The molecule has 2 aromatic rings. The number of carbonyl (C=O) groups is 1. The van der Waals surface area contributed by atoms with Crippen LogP contribution in [-0.2, 0) is 11.3 Å². The number of nitrogens with one attached hydrogen (secondary N) is 2. The Hall–Kier alpha value is -2.15. The summed E-state index contributed by atoms with van der Waals surface area (Å²) in [6, 6.07) is 5.59. The van der Waals surface area contributed by atoms with Gasteiger partial charge in [-0.15, -0.1) is 5.10 Å². The SMILES string of the molecule is CC1Oc2ccc(NCc3csnn3)cc2NC1=O. The molecular formula is C12H12N4O2S. The lowest BCUT2D eigenvalue weighted by Crippen LogP contribution is -2.34. The average Bonchev–Trinajstić information content (AvgIpc) is 2.91. The zero-order chi connectivity index (χ0) is 13.2. The highest BCUT2D eigenvalue weighted by Gasteiger charge is 2.23. The minimum Gasteiger partial charge on any atom is -0.479 e. The maximum atomic E-state index is 11.5. The maximum Gasteiger partial charge on any atom is 0.265 e. The Morgan fingerprint density at radius 2 is 2.42 bits per heavy atom. The molecule has 1 aliphatic heterocycles. The summed E-state index contributed by atoms with van der Waals surface area (Å²) in [7, 11) is 0. The van der Waals surface area contributed by atoms with Gasteiger partial charge in [-0.25, -0.2) is 0 Å². The summed E-state index contributed by atoms with van der Waals surface area (Å²) in [5, 5.41) is 11.9. The average molecular weight is 276 g/mol. The molecule has 3 rings (SSSR count). The van der Waals surface area contributed by atoms with Crippen LogP contribution in [-0.4, -0.2) is 21.6 Å². The Kier molecular flexibility index (Phi) is 3.04. The van der Waals surface area contributed by atoms with Gasteiger partial charge < -0.3 is 15.4 Å². The molecule has 1 amide bonds. The lowest BCUT2D eigenvalue weighted by Gasteiger charge is -2.23. The molecule has 19 heavy (non-hydrogen) atoms. The second-order valence-electron chi connectivity index (χ2n) is 4.21. The molecule has 0 radical (unpaired) electrons. The van der Waals surface area contributed by atoms with Gasteiger partial charge in [-0.1, -0.05) is 4.49 Å². The van der Waals surface area contributed by atoms with E-state index in [9.17, 15) is 4.79 Å². The molecule has 2 heterocycles. The van der Waals surface area contributed by atoms with E-state index in [-0.39, 0.29) is 5.91 Å². The number of anilines is 2. The van der Waals surface area contributed by atoms with Gasteiger partial charge in [0.05, 0.1) is 17.9 Å². The first-order chi connectivity index (χ1) is 9.22. The molecule has 98 valence electrons. The van der Waals surface area contributed by atoms with E-state index in [4.69, 9.17) is 4.74 Å². The Balaban J connectivity index is 1.74. The van der Waals surface area contributed by atoms with E-state index in [0.29, 0.717) is 18.0 Å². The number of benzene rings is 1. The third kappa shape index (κ3) is 2.50. The second kappa shape index (κ2) is 4.85. The van der Waals surface area contributed by atoms with Crippen LogP contribution in [0.5, 0.6) is 5.75 Å². The first kappa shape index (κ1) is 11.9.